The molecule has 0 aliphatic carbocycles. The third-order valence-electron chi connectivity index (χ3n) is 4.95. The van der Waals surface area contributed by atoms with Gasteiger partial charge in [0.15, 0.2) is 0 Å². The van der Waals surface area contributed by atoms with Crippen LogP contribution in [-0.2, 0) is 9.31 Å². The van der Waals surface area contributed by atoms with Crippen molar-refractivity contribution in [1.29, 1.82) is 0 Å². The van der Waals surface area contributed by atoms with Crippen LogP contribution < -0.4 is 5.46 Å². The monoisotopic (exact) mass is 297 g/mol. The van der Waals surface area contributed by atoms with Gasteiger partial charge in [-0.1, -0.05) is 50.2 Å². The minimum atomic E-state index is -0.681. The van der Waals surface area contributed by atoms with Crippen molar-refractivity contribution in [2.45, 2.75) is 58.6 Å². The highest BCUT2D eigenvalue weighted by Gasteiger charge is 2.51. The molecular formula is C19H25BO2. The first-order valence-electron chi connectivity index (χ1n) is 8.40. The van der Waals surface area contributed by atoms with Crippen LogP contribution in [0.1, 0.15) is 54.4 Å². The van der Waals surface area contributed by atoms with E-state index in [1.165, 1.54) is 0 Å². The third kappa shape index (κ3) is 2.47. The average Bonchev–Trinajstić information content (AvgIpc) is 2.65. The standard InChI is InChI=1S/C19H25BO2/c1-13(2)17-12-15(11-14-9-7-8-10-16(14)17)20-21-18(3,4)19(5,6)22-20/h7-13H,1-6H3/i13D. The van der Waals surface area contributed by atoms with Crippen LogP contribution in [0.15, 0.2) is 36.4 Å². The van der Waals surface area contributed by atoms with E-state index in [1.54, 1.807) is 0 Å². The van der Waals surface area contributed by atoms with Crippen molar-refractivity contribution >= 4 is 23.4 Å². The van der Waals surface area contributed by atoms with Crippen molar-refractivity contribution in [3.63, 3.8) is 0 Å². The highest BCUT2D eigenvalue weighted by molar-refractivity contribution is 6.62. The summed E-state index contributed by atoms with van der Waals surface area (Å²) in [5, 5.41) is 2.24. The van der Waals surface area contributed by atoms with Gasteiger partial charge in [-0.15, -0.1) is 0 Å². The molecule has 3 heteroatoms. The summed E-state index contributed by atoms with van der Waals surface area (Å²) >= 11 is 0. The fraction of sp³-hybridized carbons (Fsp3) is 0.474. The smallest absolute Gasteiger partial charge is 0.399 e. The predicted molar refractivity (Wildman–Crippen MR) is 93.8 cm³/mol. The molecule has 2 nitrogen and oxygen atoms in total. The minimum Gasteiger partial charge on any atom is -0.399 e. The molecule has 0 radical (unpaired) electrons. The number of hydrogen-bond acceptors (Lipinski definition) is 2. The molecule has 2 aromatic rings. The van der Waals surface area contributed by atoms with Crippen LogP contribution in [0.2, 0.25) is 0 Å². The Balaban J connectivity index is 2.13. The Morgan fingerprint density at radius 2 is 1.59 bits per heavy atom. The quantitative estimate of drug-likeness (QED) is 0.771. The van der Waals surface area contributed by atoms with Crippen molar-refractivity contribution in [3.8, 4) is 0 Å². The maximum atomic E-state index is 8.50. The molecular weight excluding hydrogens is 271 g/mol. The predicted octanol–water partition coefficient (Wildman–Crippen LogP) is 4.26. The summed E-state index contributed by atoms with van der Waals surface area (Å²) in [5.74, 6) is -0.681. The Hall–Kier alpha value is -1.32. The molecule has 1 fully saturated rings. The molecule has 1 aliphatic heterocycles. The van der Waals surface area contributed by atoms with E-state index in [4.69, 9.17) is 10.7 Å². The second kappa shape index (κ2) is 5.11. The molecule has 3 rings (SSSR count). The summed E-state index contributed by atoms with van der Waals surface area (Å²) in [6.45, 7) is 12.1. The molecule has 22 heavy (non-hydrogen) atoms. The summed E-state index contributed by atoms with van der Waals surface area (Å²) in [4.78, 5) is 0. The van der Waals surface area contributed by atoms with Crippen LogP contribution in [-0.4, -0.2) is 18.3 Å². The number of benzene rings is 2. The van der Waals surface area contributed by atoms with E-state index in [0.717, 1.165) is 21.8 Å². The van der Waals surface area contributed by atoms with E-state index >= 15 is 0 Å². The number of hydrogen-bond donors (Lipinski definition) is 0. The first kappa shape index (κ1) is 14.3. The van der Waals surface area contributed by atoms with Crippen molar-refractivity contribution in [3.05, 3.63) is 42.0 Å². The topological polar surface area (TPSA) is 18.5 Å². The largest absolute Gasteiger partial charge is 0.494 e. The van der Waals surface area contributed by atoms with Crippen LogP contribution in [0, 0.1) is 0 Å². The number of fused-ring (bicyclic) bond motifs is 1. The summed E-state index contributed by atoms with van der Waals surface area (Å²) in [6, 6.07) is 12.4. The Bertz CT molecular complexity index is 731. The fourth-order valence-corrected chi connectivity index (χ4v) is 2.86. The van der Waals surface area contributed by atoms with Gasteiger partial charge in [0.1, 0.15) is 0 Å². The summed E-state index contributed by atoms with van der Waals surface area (Å²) in [6.07, 6.45) is 0. The minimum absolute atomic E-state index is 0.361. The van der Waals surface area contributed by atoms with Crippen LogP contribution in [0.3, 0.4) is 0 Å². The maximum Gasteiger partial charge on any atom is 0.494 e. The fourth-order valence-electron chi connectivity index (χ4n) is 2.86. The SMILES string of the molecule is [2H]C(C)(C)c1cc(B2OC(C)(C)C(C)(C)O2)cc2ccccc12. The molecule has 2 aromatic carbocycles. The van der Waals surface area contributed by atoms with Gasteiger partial charge < -0.3 is 9.31 Å². The highest BCUT2D eigenvalue weighted by atomic mass is 16.7. The number of rotatable bonds is 2. The van der Waals surface area contributed by atoms with Gasteiger partial charge in [0, 0.05) is 1.37 Å². The normalized spacial score (nSPS) is 21.2. The zero-order valence-corrected chi connectivity index (χ0v) is 14.4. The summed E-state index contributed by atoms with van der Waals surface area (Å²) < 4.78 is 20.9. The molecule has 0 amide bonds. The molecule has 1 saturated heterocycles. The van der Waals surface area contributed by atoms with Crippen molar-refractivity contribution in [2.24, 2.45) is 0 Å². The zero-order valence-electron chi connectivity index (χ0n) is 15.4. The molecule has 0 atom stereocenters. The average molecular weight is 297 g/mol. The second-order valence-corrected chi connectivity index (χ2v) is 7.38. The van der Waals surface area contributed by atoms with E-state index in [1.807, 2.05) is 26.0 Å². The lowest BCUT2D eigenvalue weighted by atomic mass is 9.76. The lowest BCUT2D eigenvalue weighted by Crippen LogP contribution is -2.41. The first-order valence-corrected chi connectivity index (χ1v) is 7.90. The van der Waals surface area contributed by atoms with Gasteiger partial charge in [-0.2, -0.15) is 0 Å². The Morgan fingerprint density at radius 3 is 2.18 bits per heavy atom. The van der Waals surface area contributed by atoms with E-state index in [0.29, 0.717) is 0 Å². The van der Waals surface area contributed by atoms with Gasteiger partial charge in [0.25, 0.3) is 0 Å². The van der Waals surface area contributed by atoms with E-state index < -0.39 is 13.0 Å². The van der Waals surface area contributed by atoms with Gasteiger partial charge in [0.05, 0.1) is 11.2 Å². The van der Waals surface area contributed by atoms with Crippen LogP contribution >= 0.6 is 0 Å². The highest BCUT2D eigenvalue weighted by Crippen LogP contribution is 2.37. The molecule has 0 N–H and O–H groups in total. The van der Waals surface area contributed by atoms with Crippen LogP contribution in [0.25, 0.3) is 10.8 Å². The van der Waals surface area contributed by atoms with Gasteiger partial charge in [-0.05, 0) is 55.4 Å². The summed E-state index contributed by atoms with van der Waals surface area (Å²) in [7, 11) is -0.397. The molecule has 0 bridgehead atoms. The molecule has 0 unspecified atom stereocenters. The Kier molecular flexibility index (Phi) is 3.32. The lowest BCUT2D eigenvalue weighted by Gasteiger charge is -2.32. The van der Waals surface area contributed by atoms with E-state index in [2.05, 4.69) is 52.0 Å². The Labute approximate surface area is 135 Å². The molecule has 1 heterocycles. The second-order valence-electron chi connectivity index (χ2n) is 7.38. The molecule has 116 valence electrons. The molecule has 0 spiro atoms. The van der Waals surface area contributed by atoms with E-state index in [-0.39, 0.29) is 11.2 Å². The van der Waals surface area contributed by atoms with Crippen LogP contribution in [0.5, 0.6) is 0 Å². The first-order chi connectivity index (χ1) is 10.5. The third-order valence-corrected chi connectivity index (χ3v) is 4.95. The molecule has 0 saturated carbocycles. The van der Waals surface area contributed by atoms with Gasteiger partial charge in [-0.25, -0.2) is 0 Å². The molecule has 1 aliphatic rings. The van der Waals surface area contributed by atoms with Gasteiger partial charge in [-0.3, -0.25) is 0 Å². The maximum absolute atomic E-state index is 8.50. The van der Waals surface area contributed by atoms with Crippen molar-refractivity contribution < 1.29 is 10.7 Å². The zero-order chi connectivity index (χ0) is 17.0. The summed E-state index contributed by atoms with van der Waals surface area (Å²) in [5.41, 5.74) is 1.26. The Morgan fingerprint density at radius 1 is 1.00 bits per heavy atom. The van der Waals surface area contributed by atoms with E-state index in [9.17, 15) is 0 Å². The van der Waals surface area contributed by atoms with Crippen molar-refractivity contribution in [2.75, 3.05) is 0 Å². The van der Waals surface area contributed by atoms with Crippen LogP contribution in [0.4, 0.5) is 0 Å². The van der Waals surface area contributed by atoms with Gasteiger partial charge in [0.2, 0.25) is 0 Å². The lowest BCUT2D eigenvalue weighted by molar-refractivity contribution is 0.00578. The molecule has 0 aromatic heterocycles. The van der Waals surface area contributed by atoms with Crippen molar-refractivity contribution in [1.82, 2.24) is 0 Å². The van der Waals surface area contributed by atoms with Gasteiger partial charge >= 0.3 is 7.12 Å².